The summed E-state index contributed by atoms with van der Waals surface area (Å²) in [6, 6.07) is 19.1. The maximum atomic E-state index is 12.1. The van der Waals surface area contributed by atoms with Crippen molar-refractivity contribution in [1.29, 1.82) is 0 Å². The Morgan fingerprint density at radius 3 is 1.50 bits per heavy atom. The van der Waals surface area contributed by atoms with Crippen LogP contribution < -0.4 is 0 Å². The third kappa shape index (κ3) is 9.16. The predicted octanol–water partition coefficient (Wildman–Crippen LogP) is 3.33. The van der Waals surface area contributed by atoms with E-state index in [1.54, 1.807) is 7.05 Å². The molecule has 2 rings (SSSR count). The summed E-state index contributed by atoms with van der Waals surface area (Å²) in [5.41, 5.74) is 10.7. The van der Waals surface area contributed by atoms with Gasteiger partial charge < -0.3 is 10.1 Å². The maximum Gasteiger partial charge on any atom is 0.400 e. The van der Waals surface area contributed by atoms with Gasteiger partial charge in [0.1, 0.15) is 11.3 Å². The van der Waals surface area contributed by atoms with Crippen molar-refractivity contribution < 1.29 is 27.0 Å². The van der Waals surface area contributed by atoms with Gasteiger partial charge in [0.2, 0.25) is 11.6 Å². The van der Waals surface area contributed by atoms with E-state index >= 15 is 0 Å². The Morgan fingerprint density at radius 2 is 1.25 bits per heavy atom. The first kappa shape index (κ1) is 27.3. The van der Waals surface area contributed by atoms with Gasteiger partial charge in [-0.1, -0.05) is 60.7 Å². The summed E-state index contributed by atoms with van der Waals surface area (Å²) in [4.78, 5) is 27.1. The molecular formula is C24H31N3O4S. The molecule has 0 aliphatic rings. The van der Waals surface area contributed by atoms with Crippen LogP contribution in [0.25, 0.3) is 5.53 Å². The van der Waals surface area contributed by atoms with Crippen LogP contribution >= 0.6 is 0 Å². The van der Waals surface area contributed by atoms with Gasteiger partial charge in [-0.2, -0.15) is 4.79 Å². The number of quaternary nitrogens is 1. The van der Waals surface area contributed by atoms with E-state index in [0.717, 1.165) is 11.1 Å². The smallest absolute Gasteiger partial charge is 0.400 e. The molecule has 0 amide bonds. The van der Waals surface area contributed by atoms with Crippen molar-refractivity contribution in [1.82, 2.24) is 0 Å². The standard InChI is InChI=1S/C19H18N2O2.C5H13NO2S/c20-21-19(17(22)13-11-15-7-3-1-4-8-15)18(23)14-12-16-9-5-2-6-10-16;1-4-6(3,5-2)9(7)8/h1-10H,11-14H2;4-5H2,1-3H3. The van der Waals surface area contributed by atoms with E-state index in [1.165, 1.54) is 0 Å². The molecule has 0 saturated carbocycles. The summed E-state index contributed by atoms with van der Waals surface area (Å²) in [5.74, 6) is -0.844. The van der Waals surface area contributed by atoms with Crippen molar-refractivity contribution in [3.05, 3.63) is 77.3 Å². The lowest BCUT2D eigenvalue weighted by molar-refractivity contribution is -0.780. The molecule has 0 N–H and O–H groups in total. The minimum Gasteiger partial charge on any atom is -0.724 e. The molecule has 0 saturated heterocycles. The van der Waals surface area contributed by atoms with Crippen molar-refractivity contribution >= 4 is 28.5 Å². The first-order valence-corrected chi connectivity index (χ1v) is 11.6. The van der Waals surface area contributed by atoms with Gasteiger partial charge in [-0.05, 0) is 37.8 Å². The highest BCUT2D eigenvalue weighted by Crippen LogP contribution is 2.06. The first-order chi connectivity index (χ1) is 15.3. The molecule has 0 bridgehead atoms. The molecule has 172 valence electrons. The molecule has 1 atom stereocenters. The summed E-state index contributed by atoms with van der Waals surface area (Å²) in [7, 11) is 1.70. The van der Waals surface area contributed by atoms with Crippen LogP contribution in [0.5, 0.6) is 0 Å². The minimum absolute atomic E-state index is 0.111. The normalized spacial score (nSPS) is 11.5. The van der Waals surface area contributed by atoms with E-state index in [1.807, 2.05) is 74.5 Å². The molecule has 2 aromatic carbocycles. The predicted molar refractivity (Wildman–Crippen MR) is 124 cm³/mol. The zero-order valence-electron chi connectivity index (χ0n) is 18.9. The lowest BCUT2D eigenvalue weighted by Gasteiger charge is -2.31. The van der Waals surface area contributed by atoms with Crippen LogP contribution in [-0.4, -0.2) is 54.9 Å². The average Bonchev–Trinajstić information content (AvgIpc) is 2.83. The van der Waals surface area contributed by atoms with Gasteiger partial charge in [0.05, 0.1) is 20.1 Å². The van der Waals surface area contributed by atoms with Crippen LogP contribution in [0.2, 0.25) is 0 Å². The fourth-order valence-corrected chi connectivity index (χ4v) is 3.16. The van der Waals surface area contributed by atoms with Crippen LogP contribution in [0.1, 0.15) is 37.8 Å². The summed E-state index contributed by atoms with van der Waals surface area (Å²) < 4.78 is 21.0. The Bertz CT molecular complexity index is 881. The van der Waals surface area contributed by atoms with Crippen molar-refractivity contribution in [2.24, 2.45) is 0 Å². The van der Waals surface area contributed by atoms with Crippen LogP contribution in [0.3, 0.4) is 0 Å². The lowest BCUT2D eigenvalue weighted by atomic mass is 9.99. The van der Waals surface area contributed by atoms with Crippen molar-refractivity contribution in [2.45, 2.75) is 39.5 Å². The molecule has 7 nitrogen and oxygen atoms in total. The van der Waals surface area contributed by atoms with Crippen LogP contribution in [0.15, 0.2) is 60.7 Å². The number of nitrogens with zero attached hydrogens (tertiary/aromatic N) is 3. The van der Waals surface area contributed by atoms with E-state index < -0.39 is 22.8 Å². The second-order valence-electron chi connectivity index (χ2n) is 7.41. The molecule has 0 aliphatic heterocycles. The fourth-order valence-electron chi connectivity index (χ4n) is 2.74. The molecule has 1 unspecified atom stereocenters. The Hall–Kier alpha value is -2.77. The topological polar surface area (TPSA) is 111 Å². The number of benzene rings is 2. The SMILES string of the molecule is CC[N+](C)(CC)S(=O)[O-].[N-]=[N+]=C(C(=O)CCc1ccccc1)C(=O)CCc1ccccc1. The Balaban J connectivity index is 0.000000482. The Labute approximate surface area is 192 Å². The molecule has 32 heavy (non-hydrogen) atoms. The summed E-state index contributed by atoms with van der Waals surface area (Å²) in [6.07, 6.45) is 1.34. The van der Waals surface area contributed by atoms with Gasteiger partial charge in [0.25, 0.3) is 0 Å². The van der Waals surface area contributed by atoms with Crippen LogP contribution in [0.4, 0.5) is 0 Å². The highest BCUT2D eigenvalue weighted by atomic mass is 32.2. The molecule has 0 aliphatic carbocycles. The molecule has 2 aromatic rings. The Kier molecular flexibility index (Phi) is 12.2. The van der Waals surface area contributed by atoms with Crippen molar-refractivity contribution in [2.75, 3.05) is 20.1 Å². The highest BCUT2D eigenvalue weighted by molar-refractivity contribution is 7.73. The number of carbonyl (C=O) groups excluding carboxylic acids is 2. The maximum absolute atomic E-state index is 12.1. The number of ketones is 2. The average molecular weight is 458 g/mol. The van der Waals surface area contributed by atoms with Gasteiger partial charge in [-0.3, -0.25) is 13.5 Å². The van der Waals surface area contributed by atoms with E-state index in [2.05, 4.69) is 4.79 Å². The zero-order valence-corrected chi connectivity index (χ0v) is 19.7. The first-order valence-electron chi connectivity index (χ1n) is 10.6. The molecular weight excluding hydrogens is 426 g/mol. The lowest BCUT2D eigenvalue weighted by Crippen LogP contribution is -2.44. The Morgan fingerprint density at radius 1 is 0.875 bits per heavy atom. The van der Waals surface area contributed by atoms with Crippen molar-refractivity contribution in [3.8, 4) is 0 Å². The fraction of sp³-hybridized carbons (Fsp3) is 0.375. The largest absolute Gasteiger partial charge is 0.724 e. The summed E-state index contributed by atoms with van der Waals surface area (Å²) >= 11 is -1.98. The van der Waals surface area contributed by atoms with Gasteiger partial charge in [0.15, 0.2) is 0 Å². The van der Waals surface area contributed by atoms with Crippen LogP contribution in [0, 0.1) is 0 Å². The van der Waals surface area contributed by atoms with Crippen LogP contribution in [-0.2, 0) is 33.7 Å². The second kappa shape index (κ2) is 14.3. The van der Waals surface area contributed by atoms with Gasteiger partial charge >= 0.3 is 5.71 Å². The second-order valence-corrected chi connectivity index (χ2v) is 8.73. The molecule has 0 fully saturated rings. The number of hydrogen-bond acceptors (Lipinski definition) is 4. The number of rotatable bonds is 11. The summed E-state index contributed by atoms with van der Waals surface area (Å²) in [6.45, 7) is 4.98. The van der Waals surface area contributed by atoms with Crippen molar-refractivity contribution in [3.63, 3.8) is 0 Å². The number of carbonyl (C=O) groups is 2. The molecule has 8 heteroatoms. The third-order valence-electron chi connectivity index (χ3n) is 5.29. The molecule has 0 spiro atoms. The van der Waals surface area contributed by atoms with Gasteiger partial charge in [0, 0.05) is 12.8 Å². The number of hydrogen-bond donors (Lipinski definition) is 0. The third-order valence-corrected chi connectivity index (χ3v) is 6.53. The minimum atomic E-state index is -1.98. The molecule has 0 radical (unpaired) electrons. The van der Waals surface area contributed by atoms with E-state index in [4.69, 9.17) is 5.53 Å². The van der Waals surface area contributed by atoms with E-state index in [0.29, 0.717) is 25.9 Å². The number of Topliss-reactive ketones (excluding diaryl/α,β-unsaturated/α-hetero) is 2. The highest BCUT2D eigenvalue weighted by Gasteiger charge is 2.28. The molecule has 0 aromatic heterocycles. The van der Waals surface area contributed by atoms with E-state index in [-0.39, 0.29) is 22.4 Å². The quantitative estimate of drug-likeness (QED) is 0.129. The molecule has 0 heterocycles. The zero-order chi connectivity index (χ0) is 24.0. The van der Waals surface area contributed by atoms with Gasteiger partial charge in [-0.25, -0.2) is 4.21 Å². The number of aryl methyl sites for hydroxylation is 2. The van der Waals surface area contributed by atoms with Gasteiger partial charge in [-0.15, -0.1) is 0 Å². The monoisotopic (exact) mass is 457 g/mol. The van der Waals surface area contributed by atoms with E-state index in [9.17, 15) is 18.4 Å². The summed E-state index contributed by atoms with van der Waals surface area (Å²) in [5, 5.41) is 0.